The van der Waals surface area contributed by atoms with E-state index in [1.807, 2.05) is 66.0 Å². The van der Waals surface area contributed by atoms with Gasteiger partial charge in [0, 0.05) is 28.7 Å². The summed E-state index contributed by atoms with van der Waals surface area (Å²) in [7, 11) is 1.63. The van der Waals surface area contributed by atoms with Crippen molar-refractivity contribution in [3.05, 3.63) is 77.7 Å². The quantitative estimate of drug-likeness (QED) is 0.323. The van der Waals surface area contributed by atoms with E-state index in [1.165, 1.54) is 23.1 Å². The van der Waals surface area contributed by atoms with E-state index in [-0.39, 0.29) is 12.3 Å². The third-order valence-electron chi connectivity index (χ3n) is 4.75. The summed E-state index contributed by atoms with van der Waals surface area (Å²) in [5.41, 5.74) is 4.04. The number of rotatable bonds is 8. The van der Waals surface area contributed by atoms with Crippen LogP contribution in [0.4, 0.5) is 5.13 Å². The summed E-state index contributed by atoms with van der Waals surface area (Å²) in [4.78, 5) is 21.5. The summed E-state index contributed by atoms with van der Waals surface area (Å²) in [6, 6.07) is 23.2. The SMILES string of the molecule is COc1ccc(-c2csc(NC(=O)CCSc3nc(-c4ccccc4)ccc3C#N)n2)cc1. The van der Waals surface area contributed by atoms with Crippen molar-refractivity contribution >= 4 is 34.1 Å². The highest BCUT2D eigenvalue weighted by Gasteiger charge is 2.11. The number of carbonyl (C=O) groups excluding carboxylic acids is 1. The molecule has 0 fully saturated rings. The average molecular weight is 473 g/mol. The molecule has 0 atom stereocenters. The maximum absolute atomic E-state index is 12.4. The molecule has 4 aromatic rings. The Morgan fingerprint density at radius 3 is 2.52 bits per heavy atom. The van der Waals surface area contributed by atoms with Gasteiger partial charge in [-0.15, -0.1) is 23.1 Å². The van der Waals surface area contributed by atoms with Crippen molar-refractivity contribution in [1.82, 2.24) is 9.97 Å². The van der Waals surface area contributed by atoms with Gasteiger partial charge in [-0.3, -0.25) is 4.79 Å². The van der Waals surface area contributed by atoms with E-state index in [0.29, 0.717) is 21.5 Å². The van der Waals surface area contributed by atoms with Crippen LogP contribution in [0, 0.1) is 11.3 Å². The van der Waals surface area contributed by atoms with Gasteiger partial charge in [-0.05, 0) is 36.4 Å². The van der Waals surface area contributed by atoms with Crippen LogP contribution in [0.15, 0.2) is 77.1 Å². The Hall–Kier alpha value is -3.67. The minimum absolute atomic E-state index is 0.129. The second kappa shape index (κ2) is 10.8. The molecule has 0 radical (unpaired) electrons. The Morgan fingerprint density at radius 2 is 1.79 bits per heavy atom. The Morgan fingerprint density at radius 1 is 1.03 bits per heavy atom. The summed E-state index contributed by atoms with van der Waals surface area (Å²) < 4.78 is 5.18. The molecular formula is C25H20N4O2S2. The van der Waals surface area contributed by atoms with Crippen LogP contribution >= 0.6 is 23.1 Å². The zero-order chi connectivity index (χ0) is 23.0. The van der Waals surface area contributed by atoms with Crippen LogP contribution in [-0.4, -0.2) is 28.7 Å². The van der Waals surface area contributed by atoms with Gasteiger partial charge in [0.05, 0.1) is 24.1 Å². The van der Waals surface area contributed by atoms with Crippen molar-refractivity contribution in [2.24, 2.45) is 0 Å². The average Bonchev–Trinajstić information content (AvgIpc) is 3.33. The number of nitrogens with zero attached hydrogens (tertiary/aromatic N) is 3. The maximum atomic E-state index is 12.4. The lowest BCUT2D eigenvalue weighted by molar-refractivity contribution is -0.115. The monoisotopic (exact) mass is 472 g/mol. The van der Waals surface area contributed by atoms with Gasteiger partial charge in [0.25, 0.3) is 0 Å². The molecule has 0 aliphatic heterocycles. The predicted molar refractivity (Wildman–Crippen MR) is 132 cm³/mol. The van der Waals surface area contributed by atoms with Crippen LogP contribution < -0.4 is 10.1 Å². The van der Waals surface area contributed by atoms with Crippen molar-refractivity contribution in [3.8, 4) is 34.3 Å². The zero-order valence-corrected chi connectivity index (χ0v) is 19.5. The summed E-state index contributed by atoms with van der Waals surface area (Å²) >= 11 is 2.78. The molecule has 2 heterocycles. The van der Waals surface area contributed by atoms with Gasteiger partial charge >= 0.3 is 0 Å². The molecule has 0 unspecified atom stereocenters. The molecule has 8 heteroatoms. The molecule has 2 aromatic carbocycles. The molecule has 1 N–H and O–H groups in total. The summed E-state index contributed by atoms with van der Waals surface area (Å²) in [5, 5.41) is 15.4. The molecule has 6 nitrogen and oxygen atoms in total. The first kappa shape index (κ1) is 22.5. The standard InChI is InChI=1S/C25H20N4O2S2/c1-31-20-10-7-18(8-11-20)22-16-33-25(28-22)29-23(30)13-14-32-24-19(15-26)9-12-21(27-24)17-5-3-2-4-6-17/h2-12,16H,13-14H2,1H3,(H,28,29,30). The number of hydrogen-bond acceptors (Lipinski definition) is 7. The lowest BCUT2D eigenvalue weighted by Crippen LogP contribution is -2.12. The second-order valence-electron chi connectivity index (χ2n) is 6.94. The Bertz CT molecular complexity index is 1280. The van der Waals surface area contributed by atoms with Crippen molar-refractivity contribution in [2.45, 2.75) is 11.4 Å². The molecule has 4 rings (SSSR count). The van der Waals surface area contributed by atoms with Crippen LogP contribution in [0.2, 0.25) is 0 Å². The molecule has 33 heavy (non-hydrogen) atoms. The minimum atomic E-state index is -0.129. The van der Waals surface area contributed by atoms with Gasteiger partial charge in [0.2, 0.25) is 5.91 Å². The molecular weight excluding hydrogens is 452 g/mol. The van der Waals surface area contributed by atoms with Crippen molar-refractivity contribution < 1.29 is 9.53 Å². The van der Waals surface area contributed by atoms with Gasteiger partial charge in [-0.2, -0.15) is 5.26 Å². The molecule has 2 aromatic heterocycles. The number of anilines is 1. The van der Waals surface area contributed by atoms with E-state index in [0.717, 1.165) is 28.3 Å². The van der Waals surface area contributed by atoms with E-state index < -0.39 is 0 Å². The highest BCUT2D eigenvalue weighted by molar-refractivity contribution is 7.99. The van der Waals surface area contributed by atoms with Gasteiger partial charge in [0.1, 0.15) is 16.8 Å². The van der Waals surface area contributed by atoms with E-state index in [2.05, 4.69) is 21.4 Å². The first-order chi connectivity index (χ1) is 16.2. The summed E-state index contributed by atoms with van der Waals surface area (Å²) in [5.74, 6) is 1.15. The fourth-order valence-electron chi connectivity index (χ4n) is 3.05. The zero-order valence-electron chi connectivity index (χ0n) is 17.8. The largest absolute Gasteiger partial charge is 0.497 e. The van der Waals surface area contributed by atoms with Gasteiger partial charge in [-0.25, -0.2) is 9.97 Å². The highest BCUT2D eigenvalue weighted by atomic mass is 32.2. The smallest absolute Gasteiger partial charge is 0.226 e. The number of amides is 1. The number of aromatic nitrogens is 2. The number of nitrogens with one attached hydrogen (secondary N) is 1. The lowest BCUT2D eigenvalue weighted by Gasteiger charge is -2.07. The number of hydrogen-bond donors (Lipinski definition) is 1. The number of ether oxygens (including phenoxy) is 1. The predicted octanol–water partition coefficient (Wildman–Crippen LogP) is 5.87. The number of thioether (sulfide) groups is 1. The fourth-order valence-corrected chi connectivity index (χ4v) is 4.70. The first-order valence-corrected chi connectivity index (χ1v) is 12.0. The van der Waals surface area contributed by atoms with Crippen LogP contribution in [-0.2, 0) is 4.79 Å². The second-order valence-corrected chi connectivity index (χ2v) is 8.88. The summed E-state index contributed by atoms with van der Waals surface area (Å²) in [6.07, 6.45) is 0.282. The number of carbonyl (C=O) groups is 1. The van der Waals surface area contributed by atoms with Crippen LogP contribution in [0.25, 0.3) is 22.5 Å². The normalized spacial score (nSPS) is 10.4. The molecule has 0 saturated heterocycles. The van der Waals surface area contributed by atoms with E-state index >= 15 is 0 Å². The molecule has 0 aliphatic carbocycles. The summed E-state index contributed by atoms with van der Waals surface area (Å²) in [6.45, 7) is 0. The van der Waals surface area contributed by atoms with Gasteiger partial charge in [0.15, 0.2) is 5.13 Å². The van der Waals surface area contributed by atoms with Crippen LogP contribution in [0.5, 0.6) is 5.75 Å². The fraction of sp³-hybridized carbons (Fsp3) is 0.120. The van der Waals surface area contributed by atoms with E-state index in [9.17, 15) is 10.1 Å². The Kier molecular flexibility index (Phi) is 7.35. The Balaban J connectivity index is 1.34. The van der Waals surface area contributed by atoms with E-state index in [4.69, 9.17) is 4.74 Å². The molecule has 0 spiro atoms. The maximum Gasteiger partial charge on any atom is 0.226 e. The minimum Gasteiger partial charge on any atom is -0.497 e. The third-order valence-corrected chi connectivity index (χ3v) is 6.51. The van der Waals surface area contributed by atoms with Crippen LogP contribution in [0.3, 0.4) is 0 Å². The molecule has 164 valence electrons. The van der Waals surface area contributed by atoms with Crippen molar-refractivity contribution in [3.63, 3.8) is 0 Å². The molecule has 1 amide bonds. The molecule has 0 saturated carbocycles. The third kappa shape index (κ3) is 5.77. The van der Waals surface area contributed by atoms with Crippen LogP contribution in [0.1, 0.15) is 12.0 Å². The molecule has 0 bridgehead atoms. The topological polar surface area (TPSA) is 87.9 Å². The Labute approximate surface area is 200 Å². The number of nitriles is 1. The first-order valence-electron chi connectivity index (χ1n) is 10.2. The number of benzene rings is 2. The highest BCUT2D eigenvalue weighted by Crippen LogP contribution is 2.28. The lowest BCUT2D eigenvalue weighted by atomic mass is 10.1. The van der Waals surface area contributed by atoms with E-state index in [1.54, 1.807) is 13.2 Å². The number of thiazole rings is 1. The molecule has 0 aliphatic rings. The number of pyridine rings is 1. The van der Waals surface area contributed by atoms with Gasteiger partial charge < -0.3 is 10.1 Å². The number of methoxy groups -OCH3 is 1. The van der Waals surface area contributed by atoms with Gasteiger partial charge in [-0.1, -0.05) is 30.3 Å². The van der Waals surface area contributed by atoms with Crippen molar-refractivity contribution in [1.29, 1.82) is 5.26 Å². The van der Waals surface area contributed by atoms with Crippen molar-refractivity contribution in [2.75, 3.05) is 18.2 Å².